The number of nitrogens with zero attached hydrogens (tertiary/aromatic N) is 1. The summed E-state index contributed by atoms with van der Waals surface area (Å²) < 4.78 is 25.9. The van der Waals surface area contributed by atoms with Crippen molar-refractivity contribution in [2.45, 2.75) is 10.9 Å². The van der Waals surface area contributed by atoms with Gasteiger partial charge in [-0.15, -0.1) is 12.4 Å². The fourth-order valence-corrected chi connectivity index (χ4v) is 4.02. The highest BCUT2D eigenvalue weighted by Crippen LogP contribution is 2.29. The van der Waals surface area contributed by atoms with Crippen molar-refractivity contribution < 1.29 is 13.2 Å². The molecule has 3 rings (SSSR count). The predicted molar refractivity (Wildman–Crippen MR) is 108 cm³/mol. The van der Waals surface area contributed by atoms with Crippen molar-refractivity contribution in [1.82, 2.24) is 14.9 Å². The van der Waals surface area contributed by atoms with E-state index in [1.165, 1.54) is 31.3 Å². The Morgan fingerprint density at radius 1 is 1.19 bits per heavy atom. The molecule has 0 spiro atoms. The van der Waals surface area contributed by atoms with Crippen LogP contribution in [0.2, 0.25) is 5.02 Å². The van der Waals surface area contributed by atoms with Crippen molar-refractivity contribution in [2.24, 2.45) is 0 Å². The monoisotopic (exact) mass is 429 g/mol. The van der Waals surface area contributed by atoms with Gasteiger partial charge < -0.3 is 10.2 Å². The van der Waals surface area contributed by atoms with Gasteiger partial charge in [0.25, 0.3) is 5.91 Å². The SMILES string of the molecule is CNS(=O)(=O)c1ccc(C(=O)N2CCNCC2c2ccccc2Cl)cc1.Cl. The maximum absolute atomic E-state index is 13.0. The minimum Gasteiger partial charge on any atom is -0.329 e. The molecule has 27 heavy (non-hydrogen) atoms. The van der Waals surface area contributed by atoms with E-state index in [1.807, 2.05) is 24.3 Å². The number of rotatable bonds is 4. The Hall–Kier alpha value is -1.64. The highest BCUT2D eigenvalue weighted by atomic mass is 35.5. The third-order valence-corrected chi connectivity index (χ3v) is 6.22. The summed E-state index contributed by atoms with van der Waals surface area (Å²) in [5, 5.41) is 3.91. The van der Waals surface area contributed by atoms with E-state index < -0.39 is 10.0 Å². The maximum Gasteiger partial charge on any atom is 0.254 e. The normalized spacial score (nSPS) is 17.3. The number of halogens is 2. The first-order valence-corrected chi connectivity index (χ1v) is 10.1. The van der Waals surface area contributed by atoms with Crippen LogP contribution in [0.15, 0.2) is 53.4 Å². The average molecular weight is 430 g/mol. The van der Waals surface area contributed by atoms with Crippen molar-refractivity contribution in [3.63, 3.8) is 0 Å². The zero-order chi connectivity index (χ0) is 18.7. The lowest BCUT2D eigenvalue weighted by atomic mass is 10.0. The number of benzene rings is 2. The second-order valence-corrected chi connectivity index (χ2v) is 8.27. The van der Waals surface area contributed by atoms with Crippen LogP contribution in [-0.4, -0.2) is 45.9 Å². The number of amides is 1. The molecule has 1 amide bonds. The second-order valence-electron chi connectivity index (χ2n) is 5.97. The molecule has 1 unspecified atom stereocenters. The summed E-state index contributed by atoms with van der Waals surface area (Å²) in [4.78, 5) is 14.9. The van der Waals surface area contributed by atoms with E-state index in [-0.39, 0.29) is 29.3 Å². The highest BCUT2D eigenvalue weighted by molar-refractivity contribution is 7.89. The molecule has 0 aliphatic carbocycles. The molecule has 1 fully saturated rings. The van der Waals surface area contributed by atoms with Gasteiger partial charge in [0.15, 0.2) is 0 Å². The van der Waals surface area contributed by atoms with Crippen LogP contribution in [0.4, 0.5) is 0 Å². The van der Waals surface area contributed by atoms with E-state index in [2.05, 4.69) is 10.0 Å². The zero-order valence-electron chi connectivity index (χ0n) is 14.7. The van der Waals surface area contributed by atoms with Crippen molar-refractivity contribution in [3.8, 4) is 0 Å². The third-order valence-electron chi connectivity index (χ3n) is 4.45. The molecule has 0 bridgehead atoms. The molecule has 1 aliphatic heterocycles. The van der Waals surface area contributed by atoms with Crippen LogP contribution in [0.5, 0.6) is 0 Å². The van der Waals surface area contributed by atoms with E-state index in [1.54, 1.807) is 4.90 Å². The number of hydrogen-bond donors (Lipinski definition) is 2. The van der Waals surface area contributed by atoms with E-state index in [9.17, 15) is 13.2 Å². The Bertz CT molecular complexity index is 904. The predicted octanol–water partition coefficient (Wildman–Crippen LogP) is 2.46. The van der Waals surface area contributed by atoms with Gasteiger partial charge in [0, 0.05) is 30.2 Å². The third kappa shape index (κ3) is 4.62. The van der Waals surface area contributed by atoms with Gasteiger partial charge in [-0.05, 0) is 42.9 Å². The molecule has 0 aromatic heterocycles. The highest BCUT2D eigenvalue weighted by Gasteiger charge is 2.30. The van der Waals surface area contributed by atoms with Crippen LogP contribution < -0.4 is 10.0 Å². The number of sulfonamides is 1. The molecule has 9 heteroatoms. The smallest absolute Gasteiger partial charge is 0.254 e. The Labute approximate surface area is 170 Å². The van der Waals surface area contributed by atoms with Crippen LogP contribution in [0.3, 0.4) is 0 Å². The fourth-order valence-electron chi connectivity index (χ4n) is 3.03. The van der Waals surface area contributed by atoms with Gasteiger partial charge in [-0.2, -0.15) is 0 Å². The number of carbonyl (C=O) groups is 1. The molecule has 1 saturated heterocycles. The van der Waals surface area contributed by atoms with E-state index in [0.717, 1.165) is 5.56 Å². The first-order valence-electron chi connectivity index (χ1n) is 8.24. The topological polar surface area (TPSA) is 78.5 Å². The molecule has 2 aromatic carbocycles. The van der Waals surface area contributed by atoms with Crippen LogP contribution >= 0.6 is 24.0 Å². The van der Waals surface area contributed by atoms with Crippen LogP contribution in [-0.2, 0) is 10.0 Å². The summed E-state index contributed by atoms with van der Waals surface area (Å²) in [6.45, 7) is 1.85. The second kappa shape index (κ2) is 9.03. The van der Waals surface area contributed by atoms with Crippen molar-refractivity contribution in [3.05, 3.63) is 64.7 Å². The molecular formula is C18H21Cl2N3O3S. The van der Waals surface area contributed by atoms with Gasteiger partial charge in [0.2, 0.25) is 10.0 Å². The average Bonchev–Trinajstić information content (AvgIpc) is 2.68. The fraction of sp³-hybridized carbons (Fsp3) is 0.278. The molecule has 6 nitrogen and oxygen atoms in total. The summed E-state index contributed by atoms with van der Waals surface area (Å²) >= 11 is 6.32. The molecule has 0 saturated carbocycles. The van der Waals surface area contributed by atoms with Crippen molar-refractivity contribution in [2.75, 3.05) is 26.7 Å². The number of carbonyl (C=O) groups excluding carboxylic acids is 1. The Morgan fingerprint density at radius 3 is 2.48 bits per heavy atom. The molecule has 1 atom stereocenters. The molecule has 2 aromatic rings. The van der Waals surface area contributed by atoms with E-state index in [0.29, 0.717) is 30.2 Å². The number of piperazine rings is 1. The minimum atomic E-state index is -3.53. The quantitative estimate of drug-likeness (QED) is 0.781. The van der Waals surface area contributed by atoms with Crippen LogP contribution in [0.25, 0.3) is 0 Å². The van der Waals surface area contributed by atoms with Gasteiger partial charge in [0.05, 0.1) is 10.9 Å². The first kappa shape index (κ1) is 21.7. The standard InChI is InChI=1S/C18H20ClN3O3S.ClH/c1-20-26(24,25)14-8-6-13(7-9-14)18(23)22-11-10-21-12-17(22)15-4-2-3-5-16(15)19;/h2-9,17,20-21H,10-12H2,1H3;1H. The van der Waals surface area contributed by atoms with Crippen molar-refractivity contribution >= 4 is 39.9 Å². The molecule has 146 valence electrons. The minimum absolute atomic E-state index is 0. The molecular weight excluding hydrogens is 409 g/mol. The van der Waals surface area contributed by atoms with Gasteiger partial charge in [-0.25, -0.2) is 13.1 Å². The number of hydrogen-bond acceptors (Lipinski definition) is 4. The molecule has 1 aliphatic rings. The Balaban J connectivity index is 0.00000261. The van der Waals surface area contributed by atoms with Gasteiger partial charge >= 0.3 is 0 Å². The van der Waals surface area contributed by atoms with Gasteiger partial charge in [0.1, 0.15) is 0 Å². The van der Waals surface area contributed by atoms with Crippen molar-refractivity contribution in [1.29, 1.82) is 0 Å². The maximum atomic E-state index is 13.0. The lowest BCUT2D eigenvalue weighted by molar-refractivity contribution is 0.0634. The van der Waals surface area contributed by atoms with E-state index >= 15 is 0 Å². The first-order chi connectivity index (χ1) is 12.4. The lowest BCUT2D eigenvalue weighted by Crippen LogP contribution is -2.48. The van der Waals surface area contributed by atoms with Crippen LogP contribution in [0.1, 0.15) is 22.0 Å². The van der Waals surface area contributed by atoms with Gasteiger partial charge in [-0.3, -0.25) is 4.79 Å². The summed E-state index contributed by atoms with van der Waals surface area (Å²) in [7, 11) is -2.18. The Morgan fingerprint density at radius 2 is 1.85 bits per heavy atom. The lowest BCUT2D eigenvalue weighted by Gasteiger charge is -2.37. The molecule has 0 radical (unpaired) electrons. The molecule has 2 N–H and O–H groups in total. The van der Waals surface area contributed by atoms with E-state index in [4.69, 9.17) is 11.6 Å². The summed E-state index contributed by atoms with van der Waals surface area (Å²) in [6, 6.07) is 13.3. The molecule has 1 heterocycles. The summed E-state index contributed by atoms with van der Waals surface area (Å²) in [5.41, 5.74) is 1.34. The van der Waals surface area contributed by atoms with Crippen LogP contribution in [0, 0.1) is 0 Å². The number of nitrogens with one attached hydrogen (secondary N) is 2. The zero-order valence-corrected chi connectivity index (χ0v) is 17.1. The Kier molecular flexibility index (Phi) is 7.25. The van der Waals surface area contributed by atoms with Gasteiger partial charge in [-0.1, -0.05) is 29.8 Å². The summed E-state index contributed by atoms with van der Waals surface area (Å²) in [5.74, 6) is -0.148. The largest absolute Gasteiger partial charge is 0.329 e. The summed E-state index contributed by atoms with van der Waals surface area (Å²) in [6.07, 6.45) is 0.